The summed E-state index contributed by atoms with van der Waals surface area (Å²) in [4.78, 5) is 16.2. The van der Waals surface area contributed by atoms with Gasteiger partial charge in [-0.2, -0.15) is 0 Å². The SMILES string of the molecule is CC1(C)c2ccccc2-c2c(-c3cccc(-c4nc(-c5ccccc5-c5ccccc5)nc(-c5c6ccccc6cc6c5ccc5ccccc56)n4)c3)cccc21. The highest BCUT2D eigenvalue weighted by molar-refractivity contribution is 6.19. The Kier molecular flexibility index (Phi) is 7.52. The van der Waals surface area contributed by atoms with Crippen molar-refractivity contribution in [2.45, 2.75) is 19.3 Å². The first kappa shape index (κ1) is 33.1. The molecule has 0 saturated carbocycles. The molecule has 1 aliphatic carbocycles. The van der Waals surface area contributed by atoms with Gasteiger partial charge in [0.1, 0.15) is 0 Å². The van der Waals surface area contributed by atoms with E-state index in [1.807, 2.05) is 0 Å². The average molecular weight is 728 g/mol. The fourth-order valence-electron chi connectivity index (χ4n) is 9.17. The van der Waals surface area contributed by atoms with Crippen LogP contribution in [0.15, 0.2) is 188 Å². The van der Waals surface area contributed by atoms with Gasteiger partial charge in [-0.05, 0) is 89.0 Å². The molecule has 0 unspecified atom stereocenters. The molecular formula is C54H37N3. The van der Waals surface area contributed by atoms with Gasteiger partial charge in [-0.1, -0.05) is 190 Å². The predicted octanol–water partition coefficient (Wildman–Crippen LogP) is 14.0. The molecule has 10 aromatic rings. The van der Waals surface area contributed by atoms with E-state index in [1.54, 1.807) is 0 Å². The van der Waals surface area contributed by atoms with E-state index in [2.05, 4.69) is 202 Å². The van der Waals surface area contributed by atoms with Crippen LogP contribution in [-0.2, 0) is 5.41 Å². The van der Waals surface area contributed by atoms with Gasteiger partial charge in [0.2, 0.25) is 0 Å². The van der Waals surface area contributed by atoms with Crippen LogP contribution in [0.1, 0.15) is 25.0 Å². The summed E-state index contributed by atoms with van der Waals surface area (Å²) in [5, 5.41) is 6.95. The van der Waals surface area contributed by atoms with E-state index in [0.29, 0.717) is 17.5 Å². The highest BCUT2D eigenvalue weighted by atomic mass is 15.0. The van der Waals surface area contributed by atoms with Crippen molar-refractivity contribution in [1.82, 2.24) is 15.0 Å². The molecule has 268 valence electrons. The summed E-state index contributed by atoms with van der Waals surface area (Å²) in [5.74, 6) is 1.92. The lowest BCUT2D eigenvalue weighted by Gasteiger charge is -2.21. The third-order valence-electron chi connectivity index (χ3n) is 11.9. The molecular weight excluding hydrogens is 691 g/mol. The van der Waals surface area contributed by atoms with Crippen LogP contribution >= 0.6 is 0 Å². The van der Waals surface area contributed by atoms with Gasteiger partial charge in [0.25, 0.3) is 0 Å². The van der Waals surface area contributed by atoms with Crippen LogP contribution in [0, 0.1) is 0 Å². The number of hydrogen-bond donors (Lipinski definition) is 0. The Labute approximate surface area is 332 Å². The van der Waals surface area contributed by atoms with Crippen molar-refractivity contribution in [3.05, 3.63) is 199 Å². The minimum absolute atomic E-state index is 0.0870. The number of benzene rings is 9. The second-order valence-electron chi connectivity index (χ2n) is 15.6. The molecule has 0 radical (unpaired) electrons. The molecule has 0 fully saturated rings. The van der Waals surface area contributed by atoms with E-state index >= 15 is 0 Å². The molecule has 0 aliphatic heterocycles. The molecule has 0 amide bonds. The van der Waals surface area contributed by atoms with E-state index in [-0.39, 0.29) is 5.41 Å². The van der Waals surface area contributed by atoms with Gasteiger partial charge in [-0.25, -0.2) is 15.0 Å². The summed E-state index contributed by atoms with van der Waals surface area (Å²) >= 11 is 0. The molecule has 57 heavy (non-hydrogen) atoms. The molecule has 0 saturated heterocycles. The third-order valence-corrected chi connectivity index (χ3v) is 11.9. The second kappa shape index (κ2) is 12.9. The fraction of sp³-hybridized carbons (Fsp3) is 0.0556. The molecule has 1 aliphatic rings. The second-order valence-corrected chi connectivity index (χ2v) is 15.6. The molecule has 0 bridgehead atoms. The summed E-state index contributed by atoms with van der Waals surface area (Å²) in [6, 6.07) is 67.2. The van der Waals surface area contributed by atoms with Crippen LogP contribution in [0.2, 0.25) is 0 Å². The first-order valence-corrected chi connectivity index (χ1v) is 19.6. The molecule has 11 rings (SSSR count). The maximum absolute atomic E-state index is 5.43. The Hall–Kier alpha value is -7.23. The summed E-state index contributed by atoms with van der Waals surface area (Å²) in [5.41, 5.74) is 12.7. The van der Waals surface area contributed by atoms with Gasteiger partial charge in [0, 0.05) is 22.1 Å². The topological polar surface area (TPSA) is 38.7 Å². The number of rotatable bonds is 5. The summed E-state index contributed by atoms with van der Waals surface area (Å²) in [7, 11) is 0. The van der Waals surface area contributed by atoms with Gasteiger partial charge in [-0.3, -0.25) is 0 Å². The molecule has 1 heterocycles. The zero-order valence-corrected chi connectivity index (χ0v) is 31.7. The Morgan fingerprint density at radius 2 is 0.912 bits per heavy atom. The van der Waals surface area contributed by atoms with Crippen LogP contribution in [0.25, 0.3) is 99.9 Å². The Morgan fingerprint density at radius 3 is 1.77 bits per heavy atom. The molecule has 0 atom stereocenters. The number of fused-ring (bicyclic) bond motifs is 7. The first-order valence-electron chi connectivity index (χ1n) is 19.6. The number of hydrogen-bond acceptors (Lipinski definition) is 3. The maximum Gasteiger partial charge on any atom is 0.165 e. The van der Waals surface area contributed by atoms with E-state index in [1.165, 1.54) is 44.0 Å². The summed E-state index contributed by atoms with van der Waals surface area (Å²) in [6.07, 6.45) is 0. The first-order chi connectivity index (χ1) is 28.0. The highest BCUT2D eigenvalue weighted by Crippen LogP contribution is 2.52. The minimum Gasteiger partial charge on any atom is -0.208 e. The van der Waals surface area contributed by atoms with Crippen LogP contribution in [-0.4, -0.2) is 15.0 Å². The Balaban J connectivity index is 1.18. The van der Waals surface area contributed by atoms with Crippen molar-refractivity contribution in [3.63, 3.8) is 0 Å². The van der Waals surface area contributed by atoms with Crippen molar-refractivity contribution >= 4 is 32.3 Å². The van der Waals surface area contributed by atoms with E-state index in [4.69, 9.17) is 15.0 Å². The highest BCUT2D eigenvalue weighted by Gasteiger charge is 2.36. The van der Waals surface area contributed by atoms with E-state index in [9.17, 15) is 0 Å². The number of nitrogens with zero attached hydrogens (tertiary/aromatic N) is 3. The van der Waals surface area contributed by atoms with Gasteiger partial charge in [0.15, 0.2) is 17.5 Å². The Bertz CT molecular complexity index is 3220. The van der Waals surface area contributed by atoms with Crippen molar-refractivity contribution in [2.75, 3.05) is 0 Å². The molecule has 3 nitrogen and oxygen atoms in total. The monoisotopic (exact) mass is 727 g/mol. The molecule has 9 aromatic carbocycles. The molecule has 1 aromatic heterocycles. The van der Waals surface area contributed by atoms with Crippen LogP contribution in [0.3, 0.4) is 0 Å². The van der Waals surface area contributed by atoms with Crippen molar-refractivity contribution < 1.29 is 0 Å². The minimum atomic E-state index is -0.0870. The average Bonchev–Trinajstić information content (AvgIpc) is 3.51. The zero-order chi connectivity index (χ0) is 38.1. The quantitative estimate of drug-likeness (QED) is 0.131. The largest absolute Gasteiger partial charge is 0.208 e. The van der Waals surface area contributed by atoms with Crippen molar-refractivity contribution in [3.8, 4) is 67.5 Å². The lowest BCUT2D eigenvalue weighted by Crippen LogP contribution is -2.14. The smallest absolute Gasteiger partial charge is 0.165 e. The molecule has 0 spiro atoms. The van der Waals surface area contributed by atoms with Crippen LogP contribution in [0.5, 0.6) is 0 Å². The van der Waals surface area contributed by atoms with Crippen molar-refractivity contribution in [2.24, 2.45) is 0 Å². The zero-order valence-electron chi connectivity index (χ0n) is 31.7. The normalized spacial score (nSPS) is 12.9. The van der Waals surface area contributed by atoms with Gasteiger partial charge < -0.3 is 0 Å². The fourth-order valence-corrected chi connectivity index (χ4v) is 9.17. The van der Waals surface area contributed by atoms with Gasteiger partial charge in [-0.15, -0.1) is 0 Å². The molecule has 3 heteroatoms. The standard InChI is InChI=1S/C54H37N3/c1-54(2)47-28-13-12-26-45(47)49-41(27-15-29-48(49)54)36-20-14-21-38(32-36)51-55-52(44-25-11-10-22-39(44)34-16-4-3-5-17-34)57-53(56-51)50-42-24-9-7-19-37(42)33-46-40-23-8-6-18-35(40)30-31-43(46)50/h3-33H,1-2H3. The van der Waals surface area contributed by atoms with Gasteiger partial charge in [0.05, 0.1) is 0 Å². The van der Waals surface area contributed by atoms with Crippen LogP contribution < -0.4 is 0 Å². The summed E-state index contributed by atoms with van der Waals surface area (Å²) < 4.78 is 0. The lowest BCUT2D eigenvalue weighted by molar-refractivity contribution is 0.660. The van der Waals surface area contributed by atoms with Crippen molar-refractivity contribution in [1.29, 1.82) is 0 Å². The molecule has 0 N–H and O–H groups in total. The van der Waals surface area contributed by atoms with E-state index < -0.39 is 0 Å². The van der Waals surface area contributed by atoms with Crippen LogP contribution in [0.4, 0.5) is 0 Å². The lowest BCUT2D eigenvalue weighted by atomic mass is 9.82. The predicted molar refractivity (Wildman–Crippen MR) is 237 cm³/mol. The van der Waals surface area contributed by atoms with Gasteiger partial charge >= 0.3 is 0 Å². The third kappa shape index (κ3) is 5.31. The van der Waals surface area contributed by atoms with E-state index in [0.717, 1.165) is 49.5 Å². The number of aromatic nitrogens is 3. The Morgan fingerprint density at radius 1 is 0.316 bits per heavy atom. The summed E-state index contributed by atoms with van der Waals surface area (Å²) in [6.45, 7) is 4.66. The maximum atomic E-state index is 5.43.